The first-order valence-electron chi connectivity index (χ1n) is 7.95. The first-order chi connectivity index (χ1) is 9.77. The van der Waals surface area contributed by atoms with Crippen molar-refractivity contribution in [1.82, 2.24) is 0 Å². The van der Waals surface area contributed by atoms with Crippen molar-refractivity contribution in [1.29, 1.82) is 5.26 Å². The maximum Gasteiger partial charge on any atom is 0.164 e. The molecule has 0 bridgehead atoms. The molecule has 0 saturated carbocycles. The summed E-state index contributed by atoms with van der Waals surface area (Å²) in [4.78, 5) is 0. The molecule has 0 aromatic heterocycles. The van der Waals surface area contributed by atoms with Gasteiger partial charge in [-0.2, -0.15) is 5.26 Å². The predicted octanol–water partition coefficient (Wildman–Crippen LogP) is 3.94. The van der Waals surface area contributed by atoms with Crippen molar-refractivity contribution < 1.29 is 14.6 Å². The molecule has 22 heavy (non-hydrogen) atoms. The molecule has 0 aromatic carbocycles. The number of allylic oxidation sites excluding steroid dienone is 1. The van der Waals surface area contributed by atoms with Crippen LogP contribution in [0.3, 0.4) is 0 Å². The number of nitrogens with zero attached hydrogens (tertiary/aromatic N) is 1. The second-order valence-electron chi connectivity index (χ2n) is 8.11. The van der Waals surface area contributed by atoms with Crippen LogP contribution in [0.2, 0.25) is 0 Å². The molecule has 1 N–H and O–H groups in total. The number of ether oxygens (including phenoxy) is 2. The lowest BCUT2D eigenvalue weighted by atomic mass is 9.70. The summed E-state index contributed by atoms with van der Waals surface area (Å²) in [5.41, 5.74) is -1.39. The van der Waals surface area contributed by atoms with Crippen LogP contribution in [0.1, 0.15) is 68.2 Å². The fourth-order valence-corrected chi connectivity index (χ4v) is 3.62. The van der Waals surface area contributed by atoms with Crippen molar-refractivity contribution in [3.05, 3.63) is 11.6 Å². The number of rotatable bonds is 3. The van der Waals surface area contributed by atoms with Crippen molar-refractivity contribution in [2.45, 2.75) is 91.3 Å². The van der Waals surface area contributed by atoms with Gasteiger partial charge in [0.2, 0.25) is 0 Å². The van der Waals surface area contributed by atoms with Gasteiger partial charge in [-0.1, -0.05) is 26.8 Å². The maximum absolute atomic E-state index is 11.5. The summed E-state index contributed by atoms with van der Waals surface area (Å²) in [5, 5.41) is 20.5. The number of hydrogen-bond acceptors (Lipinski definition) is 4. The summed E-state index contributed by atoms with van der Waals surface area (Å²) < 4.78 is 12.0. The lowest BCUT2D eigenvalue weighted by Gasteiger charge is -2.57. The SMILES string of the molecule is C/C(=C\C(C)(C)C)[C@]1(O)[C@H](C)OC(C)(C)O[C@@]1(C)CCC#N. The smallest absolute Gasteiger partial charge is 0.164 e. The average molecular weight is 309 g/mol. The third-order valence-corrected chi connectivity index (χ3v) is 4.29. The third kappa shape index (κ3) is 3.71. The van der Waals surface area contributed by atoms with Gasteiger partial charge in [0.15, 0.2) is 5.79 Å². The van der Waals surface area contributed by atoms with Gasteiger partial charge < -0.3 is 14.6 Å². The van der Waals surface area contributed by atoms with E-state index in [0.717, 1.165) is 5.57 Å². The zero-order chi connectivity index (χ0) is 17.4. The molecule has 0 aromatic rings. The van der Waals surface area contributed by atoms with E-state index < -0.39 is 23.1 Å². The molecule has 1 aliphatic rings. The highest BCUT2D eigenvalue weighted by atomic mass is 16.7. The topological polar surface area (TPSA) is 62.5 Å². The molecule has 0 spiro atoms. The summed E-state index contributed by atoms with van der Waals surface area (Å²) in [6.07, 6.45) is 2.40. The Morgan fingerprint density at radius 2 is 1.86 bits per heavy atom. The third-order valence-electron chi connectivity index (χ3n) is 4.29. The Kier molecular flexibility index (Phi) is 5.19. The van der Waals surface area contributed by atoms with E-state index in [1.54, 1.807) is 0 Å². The van der Waals surface area contributed by atoms with Crippen LogP contribution in [0.5, 0.6) is 0 Å². The van der Waals surface area contributed by atoms with Crippen LogP contribution < -0.4 is 0 Å². The molecule has 0 unspecified atom stereocenters. The average Bonchev–Trinajstić information content (AvgIpc) is 2.30. The van der Waals surface area contributed by atoms with Crippen LogP contribution in [0.15, 0.2) is 11.6 Å². The van der Waals surface area contributed by atoms with Crippen molar-refractivity contribution in [3.63, 3.8) is 0 Å². The zero-order valence-electron chi connectivity index (χ0n) is 15.3. The summed E-state index contributed by atoms with van der Waals surface area (Å²) in [6.45, 7) is 15.6. The minimum absolute atomic E-state index is 0.0668. The molecule has 1 rings (SSSR count). The molecule has 1 heterocycles. The van der Waals surface area contributed by atoms with Gasteiger partial charge >= 0.3 is 0 Å². The molecule has 0 radical (unpaired) electrons. The first kappa shape index (κ1) is 19.2. The van der Waals surface area contributed by atoms with Gasteiger partial charge in [-0.15, -0.1) is 0 Å². The molecule has 4 heteroatoms. The summed E-state index contributed by atoms with van der Waals surface area (Å²) in [5.74, 6) is -0.794. The van der Waals surface area contributed by atoms with Crippen LogP contribution in [0.4, 0.5) is 0 Å². The summed E-state index contributed by atoms with van der Waals surface area (Å²) in [6, 6.07) is 2.16. The second-order valence-corrected chi connectivity index (χ2v) is 8.11. The monoisotopic (exact) mass is 309 g/mol. The number of nitriles is 1. The van der Waals surface area contributed by atoms with E-state index in [9.17, 15) is 5.11 Å². The Hall–Kier alpha value is -0.890. The first-order valence-corrected chi connectivity index (χ1v) is 7.95. The van der Waals surface area contributed by atoms with Crippen molar-refractivity contribution in [3.8, 4) is 6.07 Å². The van der Waals surface area contributed by atoms with E-state index in [1.807, 2.05) is 34.6 Å². The maximum atomic E-state index is 11.5. The Balaban J connectivity index is 3.38. The van der Waals surface area contributed by atoms with E-state index in [-0.39, 0.29) is 5.41 Å². The quantitative estimate of drug-likeness (QED) is 0.802. The second kappa shape index (κ2) is 5.96. The standard InChI is InChI=1S/C18H31NO3/c1-13(12-15(3,4)5)18(20)14(2)21-16(6,7)22-17(18,8)10-9-11-19/h12,14,20H,9-10H2,1-8H3/b13-12+/t14-,17-,18-/m0/s1. The van der Waals surface area contributed by atoms with E-state index in [1.165, 1.54) is 0 Å². The molecular formula is C18H31NO3. The van der Waals surface area contributed by atoms with Gasteiger partial charge in [-0.25, -0.2) is 0 Å². The molecule has 1 fully saturated rings. The van der Waals surface area contributed by atoms with E-state index in [2.05, 4.69) is 32.9 Å². The lowest BCUT2D eigenvalue weighted by Crippen LogP contribution is -2.69. The largest absolute Gasteiger partial charge is 0.380 e. The molecule has 0 amide bonds. The highest BCUT2D eigenvalue weighted by Gasteiger charge is 2.59. The molecular weight excluding hydrogens is 278 g/mol. The normalized spacial score (nSPS) is 36.0. The van der Waals surface area contributed by atoms with Gasteiger partial charge in [0, 0.05) is 6.42 Å². The Morgan fingerprint density at radius 1 is 1.32 bits per heavy atom. The van der Waals surface area contributed by atoms with Gasteiger partial charge in [0.05, 0.1) is 12.2 Å². The highest BCUT2D eigenvalue weighted by Crippen LogP contribution is 2.48. The van der Waals surface area contributed by atoms with Crippen LogP contribution in [0, 0.1) is 16.7 Å². The predicted molar refractivity (Wildman–Crippen MR) is 87.1 cm³/mol. The summed E-state index contributed by atoms with van der Waals surface area (Å²) >= 11 is 0. The number of aliphatic hydroxyl groups is 1. The van der Waals surface area contributed by atoms with Gasteiger partial charge in [0.1, 0.15) is 11.2 Å². The summed E-state index contributed by atoms with van der Waals surface area (Å²) in [7, 11) is 0. The van der Waals surface area contributed by atoms with Gasteiger partial charge in [-0.3, -0.25) is 0 Å². The molecule has 1 saturated heterocycles. The fraction of sp³-hybridized carbons (Fsp3) is 0.833. The van der Waals surface area contributed by atoms with Crippen LogP contribution in [-0.2, 0) is 9.47 Å². The van der Waals surface area contributed by atoms with E-state index in [4.69, 9.17) is 14.7 Å². The molecule has 126 valence electrons. The molecule has 4 nitrogen and oxygen atoms in total. The van der Waals surface area contributed by atoms with Crippen LogP contribution >= 0.6 is 0 Å². The molecule has 0 aliphatic carbocycles. The Bertz CT molecular complexity index is 484. The van der Waals surface area contributed by atoms with Gasteiger partial charge in [0.25, 0.3) is 0 Å². The lowest BCUT2D eigenvalue weighted by molar-refractivity contribution is -0.384. The van der Waals surface area contributed by atoms with Crippen molar-refractivity contribution >= 4 is 0 Å². The molecule has 3 atom stereocenters. The van der Waals surface area contributed by atoms with Crippen LogP contribution in [0.25, 0.3) is 0 Å². The minimum Gasteiger partial charge on any atom is -0.380 e. The zero-order valence-corrected chi connectivity index (χ0v) is 15.3. The van der Waals surface area contributed by atoms with Crippen molar-refractivity contribution in [2.24, 2.45) is 5.41 Å². The highest BCUT2D eigenvalue weighted by molar-refractivity contribution is 5.27. The van der Waals surface area contributed by atoms with E-state index in [0.29, 0.717) is 12.8 Å². The van der Waals surface area contributed by atoms with E-state index >= 15 is 0 Å². The van der Waals surface area contributed by atoms with Crippen LogP contribution in [-0.4, -0.2) is 28.2 Å². The van der Waals surface area contributed by atoms with Gasteiger partial charge in [-0.05, 0) is 52.0 Å². The molecule has 1 aliphatic heterocycles. The number of hydrogen-bond donors (Lipinski definition) is 1. The minimum atomic E-state index is -1.27. The van der Waals surface area contributed by atoms with Crippen molar-refractivity contribution in [2.75, 3.05) is 0 Å². The Labute approximate surface area is 135 Å². The fourth-order valence-electron chi connectivity index (χ4n) is 3.62. The Morgan fingerprint density at radius 3 is 2.32 bits per heavy atom.